The molecule has 0 amide bonds. The van der Waals surface area contributed by atoms with Crippen molar-refractivity contribution in [1.29, 1.82) is 0 Å². The Morgan fingerprint density at radius 3 is 2.59 bits per heavy atom. The van der Waals surface area contributed by atoms with Gasteiger partial charge in [0.2, 0.25) is 0 Å². The van der Waals surface area contributed by atoms with Crippen molar-refractivity contribution < 1.29 is 4.43 Å². The van der Waals surface area contributed by atoms with Gasteiger partial charge in [0.1, 0.15) is 5.39 Å². The second-order valence-electron chi connectivity index (χ2n) is 9.32. The smallest absolute Gasteiger partial charge is 0.278 e. The van der Waals surface area contributed by atoms with Gasteiger partial charge < -0.3 is 4.43 Å². The molecule has 0 fully saturated rings. The molecule has 4 rings (SSSR count). The lowest BCUT2D eigenvalue weighted by atomic mass is 9.95. The van der Waals surface area contributed by atoms with Crippen LogP contribution in [0.1, 0.15) is 53.2 Å². The fourth-order valence-corrected chi connectivity index (χ4v) is 8.32. The number of rotatable bonds is 6. The van der Waals surface area contributed by atoms with Crippen LogP contribution in [0, 0.1) is 0 Å². The van der Waals surface area contributed by atoms with Crippen molar-refractivity contribution in [1.82, 2.24) is 24.3 Å². The first kappa shape index (κ1) is 24.9. The van der Waals surface area contributed by atoms with Crippen LogP contribution in [0.15, 0.2) is 46.0 Å². The first-order valence-corrected chi connectivity index (χ1v) is 15.9. The number of hydrogen-bond donors (Lipinski definition) is 0. The minimum atomic E-state index is -1.89. The van der Waals surface area contributed by atoms with Gasteiger partial charge in [-0.25, -0.2) is 24.3 Å². The summed E-state index contributed by atoms with van der Waals surface area (Å²) in [7, 11) is -1.89. The minimum absolute atomic E-state index is 0.102. The maximum Gasteiger partial charge on any atom is 0.278 e. The van der Waals surface area contributed by atoms with Crippen molar-refractivity contribution in [2.75, 3.05) is 6.26 Å². The lowest BCUT2D eigenvalue weighted by molar-refractivity contribution is 0.0599. The lowest BCUT2D eigenvalue weighted by Crippen LogP contribution is -2.44. The van der Waals surface area contributed by atoms with Gasteiger partial charge in [-0.05, 0) is 63.2 Å². The van der Waals surface area contributed by atoms with E-state index in [1.165, 1.54) is 11.8 Å². The molecule has 1 aliphatic heterocycles. The zero-order valence-electron chi connectivity index (χ0n) is 21.1. The molecular formula is C25H35N5O2SSi. The molecule has 7 nitrogen and oxygen atoms in total. The van der Waals surface area contributed by atoms with E-state index in [1.807, 2.05) is 23.1 Å². The van der Waals surface area contributed by atoms with Crippen LogP contribution in [-0.4, -0.2) is 38.9 Å². The monoisotopic (exact) mass is 497 g/mol. The summed E-state index contributed by atoms with van der Waals surface area (Å²) in [6.07, 6.45) is 7.51. The van der Waals surface area contributed by atoms with Gasteiger partial charge in [0, 0.05) is 6.20 Å². The summed E-state index contributed by atoms with van der Waals surface area (Å²) in [5.74, 6) is 0.677. The molecule has 182 valence electrons. The number of allylic oxidation sites excluding steroid dienone is 2. The van der Waals surface area contributed by atoms with E-state index < -0.39 is 13.9 Å². The Morgan fingerprint density at radius 1 is 1.18 bits per heavy atom. The standard InChI is InChI=1S/C25H35N5O2SSi/c1-7-34(8-2,9-3)32-25(5)15-11-12-18(4)17-29-23(31)19-16-26-24(33-6)28-22(19)30(29)21-14-10-13-20(25)27-21/h10,12-14,16H,7-9,11,15,17H2,1-6H3/b18-12-/t25-/m1/s1. The summed E-state index contributed by atoms with van der Waals surface area (Å²) < 4.78 is 10.7. The summed E-state index contributed by atoms with van der Waals surface area (Å²) in [5, 5.41) is 1.13. The highest BCUT2D eigenvalue weighted by Gasteiger charge is 2.40. The number of hydrogen-bond acceptors (Lipinski definition) is 6. The molecule has 1 aliphatic rings. The second-order valence-corrected chi connectivity index (χ2v) is 14.8. The van der Waals surface area contributed by atoms with Gasteiger partial charge in [-0.3, -0.25) is 4.79 Å². The Balaban J connectivity index is 1.97. The van der Waals surface area contributed by atoms with Gasteiger partial charge in [0.05, 0.1) is 17.8 Å². The average molecular weight is 498 g/mol. The average Bonchev–Trinajstić information content (AvgIpc) is 3.12. The Labute approximate surface area is 206 Å². The van der Waals surface area contributed by atoms with E-state index in [1.54, 1.807) is 10.9 Å². The topological polar surface area (TPSA) is 74.8 Å². The number of pyridine rings is 1. The van der Waals surface area contributed by atoms with Crippen LogP contribution in [0.25, 0.3) is 16.9 Å². The van der Waals surface area contributed by atoms with Gasteiger partial charge in [0.15, 0.2) is 24.9 Å². The third kappa shape index (κ3) is 4.41. The van der Waals surface area contributed by atoms with Crippen LogP contribution in [0.4, 0.5) is 0 Å². The van der Waals surface area contributed by atoms with Gasteiger partial charge in [0.25, 0.3) is 5.56 Å². The van der Waals surface area contributed by atoms with Crippen LogP contribution in [-0.2, 0) is 16.6 Å². The van der Waals surface area contributed by atoms with E-state index in [9.17, 15) is 4.79 Å². The molecule has 2 bridgehead atoms. The minimum Gasteiger partial charge on any atom is -0.406 e. The van der Waals surface area contributed by atoms with Crippen molar-refractivity contribution in [3.8, 4) is 5.82 Å². The summed E-state index contributed by atoms with van der Waals surface area (Å²) >= 11 is 1.46. The third-order valence-electron chi connectivity index (χ3n) is 7.22. The van der Waals surface area contributed by atoms with Gasteiger partial charge in [-0.15, -0.1) is 0 Å². The SMILES string of the molecule is CC[Si](CC)(CC)O[C@]1(C)CC/C=C(/C)Cn2c(=O)c3cnc(SC)nc3n2-c2cccc1n2. The van der Waals surface area contributed by atoms with E-state index in [0.29, 0.717) is 28.6 Å². The number of nitrogens with zero attached hydrogens (tertiary/aromatic N) is 5. The fourth-order valence-electron chi connectivity index (χ4n) is 4.89. The largest absolute Gasteiger partial charge is 0.406 e. The van der Waals surface area contributed by atoms with E-state index in [0.717, 1.165) is 42.2 Å². The zero-order valence-corrected chi connectivity index (χ0v) is 22.9. The molecule has 0 aromatic carbocycles. The molecule has 0 aliphatic carbocycles. The highest BCUT2D eigenvalue weighted by molar-refractivity contribution is 7.98. The van der Waals surface area contributed by atoms with Crippen LogP contribution in [0.5, 0.6) is 0 Å². The van der Waals surface area contributed by atoms with Crippen LogP contribution < -0.4 is 5.56 Å². The van der Waals surface area contributed by atoms with Crippen molar-refractivity contribution in [3.05, 3.63) is 52.1 Å². The highest BCUT2D eigenvalue weighted by Crippen LogP contribution is 2.38. The van der Waals surface area contributed by atoms with Crippen LogP contribution in [0.3, 0.4) is 0 Å². The molecular weight excluding hydrogens is 462 g/mol. The van der Waals surface area contributed by atoms with E-state index in [-0.39, 0.29) is 5.56 Å². The molecule has 0 unspecified atom stereocenters. The molecule has 34 heavy (non-hydrogen) atoms. The van der Waals surface area contributed by atoms with Gasteiger partial charge in [-0.2, -0.15) is 0 Å². The molecule has 0 N–H and O–H groups in total. The van der Waals surface area contributed by atoms with Gasteiger partial charge in [-0.1, -0.05) is 50.2 Å². The zero-order chi connectivity index (χ0) is 24.5. The van der Waals surface area contributed by atoms with Crippen LogP contribution >= 0.6 is 11.8 Å². The predicted octanol–water partition coefficient (Wildman–Crippen LogP) is 5.68. The Bertz CT molecular complexity index is 1270. The van der Waals surface area contributed by atoms with E-state index in [4.69, 9.17) is 14.4 Å². The van der Waals surface area contributed by atoms with Crippen LogP contribution in [0.2, 0.25) is 18.1 Å². The molecule has 3 aromatic rings. The predicted molar refractivity (Wildman–Crippen MR) is 141 cm³/mol. The first-order valence-electron chi connectivity index (χ1n) is 12.2. The second kappa shape index (κ2) is 9.79. The van der Waals surface area contributed by atoms with Gasteiger partial charge >= 0.3 is 0 Å². The molecule has 0 saturated carbocycles. The molecule has 9 heteroatoms. The molecule has 3 aromatic heterocycles. The maximum atomic E-state index is 13.4. The highest BCUT2D eigenvalue weighted by atomic mass is 32.2. The maximum absolute atomic E-state index is 13.4. The quantitative estimate of drug-likeness (QED) is 0.189. The lowest BCUT2D eigenvalue weighted by Gasteiger charge is -2.40. The van der Waals surface area contributed by atoms with Crippen molar-refractivity contribution in [2.45, 2.75) is 82.9 Å². The molecule has 0 radical (unpaired) electrons. The number of aromatic nitrogens is 5. The summed E-state index contributed by atoms with van der Waals surface area (Å²) in [6.45, 7) is 11.5. The fraction of sp³-hybridized carbons (Fsp3) is 0.520. The van der Waals surface area contributed by atoms with E-state index in [2.05, 4.69) is 51.7 Å². The van der Waals surface area contributed by atoms with E-state index >= 15 is 0 Å². The number of thioether (sulfide) groups is 1. The molecule has 4 heterocycles. The summed E-state index contributed by atoms with van der Waals surface area (Å²) in [5.41, 5.74) is 2.02. The first-order chi connectivity index (χ1) is 16.3. The Morgan fingerprint density at radius 2 is 1.91 bits per heavy atom. The normalized spacial score (nSPS) is 20.5. The Kier molecular flexibility index (Phi) is 7.16. The van der Waals surface area contributed by atoms with Crippen molar-refractivity contribution in [2.24, 2.45) is 0 Å². The molecule has 0 spiro atoms. The summed E-state index contributed by atoms with van der Waals surface area (Å²) in [6, 6.07) is 9.28. The van der Waals surface area contributed by atoms with Crippen molar-refractivity contribution in [3.63, 3.8) is 0 Å². The molecule has 0 saturated heterocycles. The van der Waals surface area contributed by atoms with Crippen molar-refractivity contribution >= 4 is 31.1 Å². The Hall–Kier alpha value is -2.23. The summed E-state index contributed by atoms with van der Waals surface area (Å²) in [4.78, 5) is 27.5. The number of fused-ring (bicyclic) bond motifs is 6. The third-order valence-corrected chi connectivity index (χ3v) is 12.5. The molecule has 1 atom stereocenters.